The monoisotopic (exact) mass is 393 g/mol. The van der Waals surface area contributed by atoms with E-state index in [1.165, 1.54) is 16.7 Å². The summed E-state index contributed by atoms with van der Waals surface area (Å²) >= 11 is 0. The molecule has 0 fully saturated rings. The zero-order valence-corrected chi connectivity index (χ0v) is 17.6. The quantitative estimate of drug-likeness (QED) is 0.579. The molecule has 0 aliphatic carbocycles. The van der Waals surface area contributed by atoms with Crippen molar-refractivity contribution in [3.8, 4) is 0 Å². The second-order valence-corrected chi connectivity index (χ2v) is 7.87. The third-order valence-electron chi connectivity index (χ3n) is 5.26. The molecule has 0 aliphatic rings. The van der Waals surface area contributed by atoms with Gasteiger partial charge in [-0.15, -0.1) is 0 Å². The standard InChI is InChI=1S/C24H31N3O2/c1-17-11-12-18(2)20(15-17)16-27-22-9-5-4-8-21(22)26-23(27)13-14-25-24(29)10-6-7-19(3)28/h4-5,8-9,11-12,15,19,28H,6-7,10,13-14,16H2,1-3H3,(H,25,29)/t19-/m0/s1. The van der Waals surface area contributed by atoms with Gasteiger partial charge in [-0.05, 0) is 56.9 Å². The Labute approximate surface area is 172 Å². The number of rotatable bonds is 9. The molecule has 0 aliphatic heterocycles. The van der Waals surface area contributed by atoms with Crippen LogP contribution < -0.4 is 5.32 Å². The lowest BCUT2D eigenvalue weighted by atomic mass is 10.1. The number of aryl methyl sites for hydroxylation is 2. The zero-order chi connectivity index (χ0) is 20.8. The smallest absolute Gasteiger partial charge is 0.220 e. The number of benzene rings is 2. The molecule has 1 amide bonds. The lowest BCUT2D eigenvalue weighted by molar-refractivity contribution is -0.121. The molecule has 154 valence electrons. The van der Waals surface area contributed by atoms with Gasteiger partial charge in [0.05, 0.1) is 17.1 Å². The number of amides is 1. The van der Waals surface area contributed by atoms with Gasteiger partial charge in [-0.1, -0.05) is 35.9 Å². The summed E-state index contributed by atoms with van der Waals surface area (Å²) in [6, 6.07) is 14.7. The van der Waals surface area contributed by atoms with E-state index in [9.17, 15) is 9.90 Å². The highest BCUT2D eigenvalue weighted by Gasteiger charge is 2.12. The largest absolute Gasteiger partial charge is 0.393 e. The third kappa shape index (κ3) is 5.67. The summed E-state index contributed by atoms with van der Waals surface area (Å²) in [7, 11) is 0. The topological polar surface area (TPSA) is 67.2 Å². The van der Waals surface area contributed by atoms with Crippen LogP contribution in [0.1, 0.15) is 48.7 Å². The van der Waals surface area contributed by atoms with Gasteiger partial charge in [0.15, 0.2) is 0 Å². The minimum absolute atomic E-state index is 0.0304. The Kier molecular flexibility index (Phi) is 7.04. The molecule has 3 rings (SSSR count). The highest BCUT2D eigenvalue weighted by atomic mass is 16.3. The third-order valence-corrected chi connectivity index (χ3v) is 5.26. The Morgan fingerprint density at radius 2 is 2.00 bits per heavy atom. The number of fused-ring (bicyclic) bond motifs is 1. The summed E-state index contributed by atoms with van der Waals surface area (Å²) in [5.41, 5.74) is 5.91. The fraction of sp³-hybridized carbons (Fsp3) is 0.417. The molecule has 0 bridgehead atoms. The number of aromatic nitrogens is 2. The van der Waals surface area contributed by atoms with Crippen molar-refractivity contribution in [3.63, 3.8) is 0 Å². The number of nitrogens with zero attached hydrogens (tertiary/aromatic N) is 2. The predicted octanol–water partition coefficient (Wildman–Crippen LogP) is 3.91. The summed E-state index contributed by atoms with van der Waals surface area (Å²) in [4.78, 5) is 16.8. The molecule has 0 saturated heterocycles. The molecule has 0 unspecified atom stereocenters. The first-order valence-electron chi connectivity index (χ1n) is 10.4. The highest BCUT2D eigenvalue weighted by molar-refractivity contribution is 5.77. The van der Waals surface area contributed by atoms with Gasteiger partial charge in [0.25, 0.3) is 0 Å². The SMILES string of the molecule is Cc1ccc(C)c(Cn2c(CCNC(=O)CCC[C@H](C)O)nc3ccccc32)c1. The van der Waals surface area contributed by atoms with E-state index in [1.807, 2.05) is 18.2 Å². The zero-order valence-electron chi connectivity index (χ0n) is 17.6. The van der Waals surface area contributed by atoms with E-state index in [4.69, 9.17) is 4.98 Å². The van der Waals surface area contributed by atoms with Gasteiger partial charge in [0.1, 0.15) is 5.82 Å². The Morgan fingerprint density at radius 1 is 1.21 bits per heavy atom. The van der Waals surface area contributed by atoms with Crippen LogP contribution in [-0.4, -0.2) is 33.2 Å². The first-order chi connectivity index (χ1) is 13.9. The molecule has 29 heavy (non-hydrogen) atoms. The molecule has 2 aromatic carbocycles. The number of aliphatic hydroxyl groups excluding tert-OH is 1. The van der Waals surface area contributed by atoms with E-state index in [1.54, 1.807) is 6.92 Å². The molecular weight excluding hydrogens is 362 g/mol. The molecular formula is C24H31N3O2. The fourth-order valence-electron chi connectivity index (χ4n) is 3.59. The van der Waals surface area contributed by atoms with Crippen molar-refractivity contribution >= 4 is 16.9 Å². The molecule has 5 heteroatoms. The number of imidazole rings is 1. The molecule has 1 atom stereocenters. The molecule has 0 spiro atoms. The summed E-state index contributed by atoms with van der Waals surface area (Å²) in [6.45, 7) is 7.33. The van der Waals surface area contributed by atoms with Crippen LogP contribution in [0.3, 0.4) is 0 Å². The number of hydrogen-bond donors (Lipinski definition) is 2. The maximum atomic E-state index is 12.0. The van der Waals surface area contributed by atoms with E-state index >= 15 is 0 Å². The van der Waals surface area contributed by atoms with Crippen molar-refractivity contribution in [2.45, 2.75) is 59.1 Å². The molecule has 1 heterocycles. The number of nitrogens with one attached hydrogen (secondary N) is 1. The summed E-state index contributed by atoms with van der Waals surface area (Å²) in [5.74, 6) is 1.01. The van der Waals surface area contributed by atoms with Crippen molar-refractivity contribution in [2.75, 3.05) is 6.54 Å². The van der Waals surface area contributed by atoms with Gasteiger partial charge < -0.3 is 15.0 Å². The van der Waals surface area contributed by atoms with Crippen LogP contribution in [-0.2, 0) is 17.8 Å². The van der Waals surface area contributed by atoms with Crippen molar-refractivity contribution in [1.82, 2.24) is 14.9 Å². The molecule has 1 aromatic heterocycles. The Hall–Kier alpha value is -2.66. The van der Waals surface area contributed by atoms with Crippen LogP contribution in [0.4, 0.5) is 0 Å². The predicted molar refractivity (Wildman–Crippen MR) is 117 cm³/mol. The number of carbonyl (C=O) groups is 1. The second kappa shape index (κ2) is 9.70. The first-order valence-corrected chi connectivity index (χ1v) is 10.4. The molecule has 3 aromatic rings. The fourth-order valence-corrected chi connectivity index (χ4v) is 3.59. The summed E-state index contributed by atoms with van der Waals surface area (Å²) < 4.78 is 2.26. The highest BCUT2D eigenvalue weighted by Crippen LogP contribution is 2.20. The lowest BCUT2D eigenvalue weighted by Crippen LogP contribution is -2.26. The Balaban J connectivity index is 1.72. The van der Waals surface area contributed by atoms with E-state index in [0.717, 1.165) is 23.4 Å². The van der Waals surface area contributed by atoms with Crippen LogP contribution in [0.15, 0.2) is 42.5 Å². The summed E-state index contributed by atoms with van der Waals surface area (Å²) in [5, 5.41) is 12.3. The Morgan fingerprint density at radius 3 is 2.79 bits per heavy atom. The molecule has 0 saturated carbocycles. The summed E-state index contributed by atoms with van der Waals surface area (Å²) in [6.07, 6.45) is 2.13. The number of aliphatic hydroxyl groups is 1. The minimum atomic E-state index is -0.354. The van der Waals surface area contributed by atoms with E-state index in [0.29, 0.717) is 32.2 Å². The molecule has 2 N–H and O–H groups in total. The van der Waals surface area contributed by atoms with Crippen molar-refractivity contribution in [3.05, 3.63) is 65.0 Å². The van der Waals surface area contributed by atoms with E-state index in [2.05, 4.69) is 48.0 Å². The van der Waals surface area contributed by atoms with Gasteiger partial charge in [-0.3, -0.25) is 4.79 Å². The van der Waals surface area contributed by atoms with Crippen LogP contribution in [0.25, 0.3) is 11.0 Å². The van der Waals surface area contributed by atoms with Crippen LogP contribution in [0, 0.1) is 13.8 Å². The molecule has 0 radical (unpaired) electrons. The number of para-hydroxylation sites is 2. The number of hydrogen-bond acceptors (Lipinski definition) is 3. The van der Waals surface area contributed by atoms with Crippen LogP contribution in [0.2, 0.25) is 0 Å². The van der Waals surface area contributed by atoms with Gasteiger partial charge in [-0.2, -0.15) is 0 Å². The molecule has 5 nitrogen and oxygen atoms in total. The van der Waals surface area contributed by atoms with E-state index in [-0.39, 0.29) is 12.0 Å². The lowest BCUT2D eigenvalue weighted by Gasteiger charge is -2.13. The minimum Gasteiger partial charge on any atom is -0.393 e. The van der Waals surface area contributed by atoms with Crippen molar-refractivity contribution < 1.29 is 9.90 Å². The van der Waals surface area contributed by atoms with Gasteiger partial charge in [-0.25, -0.2) is 4.98 Å². The van der Waals surface area contributed by atoms with Crippen LogP contribution >= 0.6 is 0 Å². The normalized spacial score (nSPS) is 12.3. The van der Waals surface area contributed by atoms with Crippen molar-refractivity contribution in [1.29, 1.82) is 0 Å². The number of carbonyl (C=O) groups excluding carboxylic acids is 1. The Bertz CT molecular complexity index is 975. The van der Waals surface area contributed by atoms with E-state index < -0.39 is 0 Å². The van der Waals surface area contributed by atoms with Gasteiger partial charge >= 0.3 is 0 Å². The van der Waals surface area contributed by atoms with Gasteiger partial charge in [0, 0.05) is 25.9 Å². The maximum absolute atomic E-state index is 12.0. The maximum Gasteiger partial charge on any atom is 0.220 e. The first kappa shape index (κ1) is 21.1. The average molecular weight is 394 g/mol. The second-order valence-electron chi connectivity index (χ2n) is 7.87. The van der Waals surface area contributed by atoms with Gasteiger partial charge in [0.2, 0.25) is 5.91 Å². The van der Waals surface area contributed by atoms with Crippen LogP contribution in [0.5, 0.6) is 0 Å². The average Bonchev–Trinajstić information content (AvgIpc) is 3.02. The van der Waals surface area contributed by atoms with Crippen molar-refractivity contribution in [2.24, 2.45) is 0 Å².